The number of aliphatic hydroxyl groups excluding tert-OH is 1. The Hall–Kier alpha value is -4.25. The molecule has 1 aromatic heterocycles. The van der Waals surface area contributed by atoms with Crippen LogP contribution in [0.4, 0.5) is 15.8 Å². The van der Waals surface area contributed by atoms with E-state index in [1.54, 1.807) is 30.3 Å². The Morgan fingerprint density at radius 3 is 2.59 bits per heavy atom. The number of morpholine rings is 1. The number of aromatic hydroxyl groups is 1. The van der Waals surface area contributed by atoms with E-state index in [0.29, 0.717) is 65.3 Å². The number of ether oxygens (including phenoxy) is 2. The van der Waals surface area contributed by atoms with Crippen LogP contribution < -0.4 is 4.90 Å². The average molecular weight is 559 g/mol. The number of fused-ring (bicyclic) bond motifs is 2. The number of aromatic nitrogens is 1. The fourth-order valence-electron chi connectivity index (χ4n) is 5.58. The van der Waals surface area contributed by atoms with E-state index in [2.05, 4.69) is 9.88 Å². The lowest BCUT2D eigenvalue weighted by molar-refractivity contribution is 0.0145. The summed E-state index contributed by atoms with van der Waals surface area (Å²) in [6.45, 7) is 4.23. The van der Waals surface area contributed by atoms with Crippen LogP contribution in [0.3, 0.4) is 0 Å². The van der Waals surface area contributed by atoms with Gasteiger partial charge in [-0.3, -0.25) is 4.90 Å². The summed E-state index contributed by atoms with van der Waals surface area (Å²) >= 11 is 0. The molecule has 1 fully saturated rings. The van der Waals surface area contributed by atoms with Crippen molar-refractivity contribution >= 4 is 34.0 Å². The summed E-state index contributed by atoms with van der Waals surface area (Å²) in [4.78, 5) is 24.2. The first kappa shape index (κ1) is 26.9. The van der Waals surface area contributed by atoms with Crippen LogP contribution in [-0.4, -0.2) is 84.5 Å². The van der Waals surface area contributed by atoms with Crippen molar-refractivity contribution in [3.05, 3.63) is 88.7 Å². The number of hydrogen-bond acceptors (Lipinski definition) is 8. The van der Waals surface area contributed by atoms with Gasteiger partial charge < -0.3 is 29.6 Å². The molecule has 6 rings (SSSR count). The summed E-state index contributed by atoms with van der Waals surface area (Å²) in [5.41, 5.74) is 5.07. The standard InChI is InChI=1S/C31H31FN4O5/c1-40-31(39)21-4-8-24-25(17-21)34-30(38)28(24)29(19-2-5-22(32)6-3-19)33-23-7-9-26-20(16-23)10-11-36(26)27(37)18-35-12-14-41-15-13-35/h2-9,16-17,27,34,37-38H,10-15,18H2,1H3. The minimum absolute atomic E-state index is 0.122. The molecule has 0 aliphatic carbocycles. The Morgan fingerprint density at radius 1 is 1.07 bits per heavy atom. The van der Waals surface area contributed by atoms with E-state index >= 15 is 0 Å². The molecule has 0 radical (unpaired) electrons. The zero-order valence-electron chi connectivity index (χ0n) is 22.6. The number of anilines is 1. The topological polar surface area (TPSA) is 111 Å². The SMILES string of the molecule is COC(=O)c1ccc2c(C(=Nc3ccc4c(c3)CCN4C(O)CN3CCOCC3)c3ccc(F)cc3)c(O)[nH]c2c1. The van der Waals surface area contributed by atoms with Crippen LogP contribution in [-0.2, 0) is 15.9 Å². The minimum Gasteiger partial charge on any atom is -0.494 e. The third-order valence-corrected chi connectivity index (χ3v) is 7.67. The fourth-order valence-corrected chi connectivity index (χ4v) is 5.58. The van der Waals surface area contributed by atoms with Gasteiger partial charge in [-0.2, -0.15) is 0 Å². The molecule has 0 bridgehead atoms. The maximum absolute atomic E-state index is 13.8. The fraction of sp³-hybridized carbons (Fsp3) is 0.290. The van der Waals surface area contributed by atoms with Crippen LogP contribution in [0.5, 0.6) is 5.88 Å². The van der Waals surface area contributed by atoms with Crippen LogP contribution in [0, 0.1) is 5.82 Å². The van der Waals surface area contributed by atoms with Crippen molar-refractivity contribution in [2.75, 3.05) is 51.4 Å². The molecule has 3 heterocycles. The number of benzene rings is 3. The summed E-state index contributed by atoms with van der Waals surface area (Å²) in [5.74, 6) is -0.992. The van der Waals surface area contributed by atoms with E-state index in [1.165, 1.54) is 19.2 Å². The summed E-state index contributed by atoms with van der Waals surface area (Å²) in [6, 6.07) is 16.7. The van der Waals surface area contributed by atoms with Crippen LogP contribution >= 0.6 is 0 Å². The normalized spacial score (nSPS) is 16.7. The van der Waals surface area contributed by atoms with Crippen LogP contribution in [0.2, 0.25) is 0 Å². The first-order chi connectivity index (χ1) is 19.9. The Labute approximate surface area is 236 Å². The van der Waals surface area contributed by atoms with Gasteiger partial charge in [-0.15, -0.1) is 0 Å². The number of aromatic amines is 1. The highest BCUT2D eigenvalue weighted by Gasteiger charge is 2.27. The molecule has 0 saturated carbocycles. The lowest BCUT2D eigenvalue weighted by Crippen LogP contribution is -2.47. The monoisotopic (exact) mass is 558 g/mol. The van der Waals surface area contributed by atoms with Crippen LogP contribution in [0.25, 0.3) is 10.9 Å². The Morgan fingerprint density at radius 2 is 1.83 bits per heavy atom. The van der Waals surface area contributed by atoms with Gasteiger partial charge in [0.2, 0.25) is 0 Å². The van der Waals surface area contributed by atoms with E-state index < -0.39 is 12.2 Å². The number of hydrogen-bond donors (Lipinski definition) is 3. The van der Waals surface area contributed by atoms with Crippen LogP contribution in [0.1, 0.15) is 27.0 Å². The quantitative estimate of drug-likeness (QED) is 0.233. The van der Waals surface area contributed by atoms with Crippen LogP contribution in [0.15, 0.2) is 65.7 Å². The molecule has 212 valence electrons. The molecule has 1 atom stereocenters. The molecule has 10 heteroatoms. The third-order valence-electron chi connectivity index (χ3n) is 7.67. The van der Waals surface area contributed by atoms with Crippen molar-refractivity contribution < 1.29 is 28.9 Å². The smallest absolute Gasteiger partial charge is 0.337 e. The predicted octanol–water partition coefficient (Wildman–Crippen LogP) is 3.98. The summed E-state index contributed by atoms with van der Waals surface area (Å²) in [6.07, 6.45) is 0.135. The van der Waals surface area contributed by atoms with Gasteiger partial charge in [-0.05, 0) is 66.6 Å². The number of carbonyl (C=O) groups is 1. The molecule has 3 N–H and O–H groups in total. The molecule has 3 aromatic carbocycles. The van der Waals surface area contributed by atoms with E-state index in [0.717, 1.165) is 30.8 Å². The zero-order chi connectivity index (χ0) is 28.5. The van der Waals surface area contributed by atoms with Gasteiger partial charge in [0, 0.05) is 48.3 Å². The van der Waals surface area contributed by atoms with Crippen molar-refractivity contribution in [1.29, 1.82) is 0 Å². The molecule has 2 aliphatic heterocycles. The maximum Gasteiger partial charge on any atom is 0.337 e. The van der Waals surface area contributed by atoms with Gasteiger partial charge in [-0.1, -0.05) is 6.07 Å². The van der Waals surface area contributed by atoms with Gasteiger partial charge in [0.25, 0.3) is 0 Å². The van der Waals surface area contributed by atoms with Gasteiger partial charge in [0.05, 0.1) is 42.8 Å². The molecule has 4 aromatic rings. The molecule has 41 heavy (non-hydrogen) atoms. The molecular weight excluding hydrogens is 527 g/mol. The Balaban J connectivity index is 1.36. The number of halogens is 1. The molecule has 9 nitrogen and oxygen atoms in total. The van der Waals surface area contributed by atoms with E-state index in [1.807, 2.05) is 23.1 Å². The second-order valence-electron chi connectivity index (χ2n) is 10.2. The number of rotatable bonds is 7. The number of carbonyl (C=O) groups excluding carboxylic acids is 1. The van der Waals surface area contributed by atoms with Gasteiger partial charge in [-0.25, -0.2) is 14.2 Å². The Bertz CT molecular complexity index is 1610. The van der Waals surface area contributed by atoms with Gasteiger partial charge in [0.15, 0.2) is 5.88 Å². The van der Waals surface area contributed by atoms with E-state index in [-0.39, 0.29) is 11.7 Å². The first-order valence-electron chi connectivity index (χ1n) is 13.6. The van der Waals surface area contributed by atoms with E-state index in [4.69, 9.17) is 14.5 Å². The number of H-pyrrole nitrogens is 1. The van der Waals surface area contributed by atoms with Crippen molar-refractivity contribution in [2.24, 2.45) is 4.99 Å². The molecule has 2 aliphatic rings. The largest absolute Gasteiger partial charge is 0.494 e. The second kappa shape index (κ2) is 11.3. The van der Waals surface area contributed by atoms with E-state index in [9.17, 15) is 19.4 Å². The average Bonchev–Trinajstić information content (AvgIpc) is 3.56. The zero-order valence-corrected chi connectivity index (χ0v) is 22.6. The molecule has 0 amide bonds. The first-order valence-corrected chi connectivity index (χ1v) is 13.6. The number of aliphatic imine (C=N–C) groups is 1. The van der Waals surface area contributed by atoms with Crippen molar-refractivity contribution in [3.63, 3.8) is 0 Å². The lowest BCUT2D eigenvalue weighted by Gasteiger charge is -2.33. The number of aliphatic hydroxyl groups is 1. The molecule has 1 saturated heterocycles. The second-order valence-corrected chi connectivity index (χ2v) is 10.2. The third kappa shape index (κ3) is 5.41. The number of nitrogens with zero attached hydrogens (tertiary/aromatic N) is 3. The van der Waals surface area contributed by atoms with Crippen molar-refractivity contribution in [2.45, 2.75) is 12.6 Å². The molecule has 1 unspecified atom stereocenters. The number of methoxy groups -OCH3 is 1. The highest BCUT2D eigenvalue weighted by molar-refractivity contribution is 6.22. The number of nitrogens with one attached hydrogen (secondary N) is 1. The Kier molecular flexibility index (Phi) is 7.44. The molecule has 0 spiro atoms. The van der Waals surface area contributed by atoms with Crippen molar-refractivity contribution in [1.82, 2.24) is 9.88 Å². The highest BCUT2D eigenvalue weighted by atomic mass is 19.1. The van der Waals surface area contributed by atoms with Crippen molar-refractivity contribution in [3.8, 4) is 5.88 Å². The highest BCUT2D eigenvalue weighted by Crippen LogP contribution is 2.35. The maximum atomic E-state index is 13.8. The lowest BCUT2D eigenvalue weighted by atomic mass is 10.00. The summed E-state index contributed by atoms with van der Waals surface area (Å²) in [7, 11) is 1.31. The summed E-state index contributed by atoms with van der Waals surface area (Å²) < 4.78 is 24.1. The predicted molar refractivity (Wildman–Crippen MR) is 154 cm³/mol. The molecular formula is C31H31FN4O5. The summed E-state index contributed by atoms with van der Waals surface area (Å²) in [5, 5.41) is 22.6. The van der Waals surface area contributed by atoms with Gasteiger partial charge in [0.1, 0.15) is 12.0 Å². The number of esters is 1. The minimum atomic E-state index is -0.628. The number of β-amino-alcohol motifs (C(OH)–C–C–N with tert-alkyl or cyclic N) is 1. The van der Waals surface area contributed by atoms with Gasteiger partial charge >= 0.3 is 5.97 Å².